The van der Waals surface area contributed by atoms with E-state index >= 15 is 0 Å². The number of halogens is 1. The van der Waals surface area contributed by atoms with Crippen LogP contribution in [0.1, 0.15) is 5.56 Å². The number of carbonyl (C=O) groups is 2. The monoisotopic (exact) mass is 362 g/mol. The van der Waals surface area contributed by atoms with Crippen molar-refractivity contribution in [2.24, 2.45) is 0 Å². The highest BCUT2D eigenvalue weighted by atomic mass is 35.5. The third-order valence-corrected chi connectivity index (χ3v) is 3.70. The minimum absolute atomic E-state index is 0.228. The number of anilines is 2. The SMILES string of the molecule is COc1ccc(NC(=O)COCC(=O)Nc2ccc(C)c(Cl)c2)cc1. The molecule has 0 aliphatic rings. The van der Waals surface area contributed by atoms with Crippen molar-refractivity contribution in [1.29, 1.82) is 0 Å². The molecule has 0 aliphatic carbocycles. The average Bonchev–Trinajstić information content (AvgIpc) is 2.59. The molecule has 6 nitrogen and oxygen atoms in total. The molecule has 0 atom stereocenters. The fraction of sp³-hybridized carbons (Fsp3) is 0.222. The molecular weight excluding hydrogens is 344 g/mol. The van der Waals surface area contributed by atoms with Crippen molar-refractivity contribution in [3.63, 3.8) is 0 Å². The number of ether oxygens (including phenoxy) is 2. The maximum absolute atomic E-state index is 11.8. The van der Waals surface area contributed by atoms with Crippen LogP contribution in [0.25, 0.3) is 0 Å². The predicted octanol–water partition coefficient (Wildman–Crippen LogP) is 3.25. The number of hydrogen-bond acceptors (Lipinski definition) is 4. The van der Waals surface area contributed by atoms with Gasteiger partial charge < -0.3 is 20.1 Å². The Balaban J connectivity index is 1.72. The van der Waals surface area contributed by atoms with E-state index in [-0.39, 0.29) is 25.0 Å². The van der Waals surface area contributed by atoms with Crippen molar-refractivity contribution in [3.8, 4) is 5.75 Å². The van der Waals surface area contributed by atoms with Gasteiger partial charge >= 0.3 is 0 Å². The molecule has 2 aromatic rings. The van der Waals surface area contributed by atoms with Crippen LogP contribution >= 0.6 is 11.6 Å². The summed E-state index contributed by atoms with van der Waals surface area (Å²) in [5.41, 5.74) is 2.12. The van der Waals surface area contributed by atoms with Gasteiger partial charge in [0, 0.05) is 16.4 Å². The summed E-state index contributed by atoms with van der Waals surface area (Å²) in [6.07, 6.45) is 0. The van der Waals surface area contributed by atoms with Crippen LogP contribution in [-0.4, -0.2) is 32.1 Å². The van der Waals surface area contributed by atoms with Gasteiger partial charge in [-0.2, -0.15) is 0 Å². The Morgan fingerprint density at radius 1 is 0.960 bits per heavy atom. The largest absolute Gasteiger partial charge is 0.497 e. The number of methoxy groups -OCH3 is 1. The van der Waals surface area contributed by atoms with Crippen LogP contribution in [0, 0.1) is 6.92 Å². The molecule has 0 saturated heterocycles. The van der Waals surface area contributed by atoms with Gasteiger partial charge in [-0.05, 0) is 48.9 Å². The lowest BCUT2D eigenvalue weighted by Gasteiger charge is -2.08. The van der Waals surface area contributed by atoms with Gasteiger partial charge in [0.05, 0.1) is 7.11 Å². The first-order valence-electron chi connectivity index (χ1n) is 7.55. The molecule has 0 saturated carbocycles. The van der Waals surface area contributed by atoms with Gasteiger partial charge in [-0.15, -0.1) is 0 Å². The molecule has 0 spiro atoms. The quantitative estimate of drug-likeness (QED) is 0.792. The van der Waals surface area contributed by atoms with E-state index < -0.39 is 0 Å². The summed E-state index contributed by atoms with van der Waals surface area (Å²) in [7, 11) is 1.57. The van der Waals surface area contributed by atoms with Crippen LogP contribution in [0.5, 0.6) is 5.75 Å². The second-order valence-electron chi connectivity index (χ2n) is 5.28. The second-order valence-corrected chi connectivity index (χ2v) is 5.69. The maximum atomic E-state index is 11.8. The normalized spacial score (nSPS) is 10.2. The standard InChI is InChI=1S/C18H19ClN2O4/c1-12-3-4-14(9-16(12)19)21-18(23)11-25-10-17(22)20-13-5-7-15(24-2)8-6-13/h3-9H,10-11H2,1-2H3,(H,20,22)(H,21,23). The zero-order valence-corrected chi connectivity index (χ0v) is 14.7. The first-order valence-corrected chi connectivity index (χ1v) is 7.93. The highest BCUT2D eigenvalue weighted by Crippen LogP contribution is 2.19. The van der Waals surface area contributed by atoms with Crippen molar-refractivity contribution in [2.45, 2.75) is 6.92 Å². The topological polar surface area (TPSA) is 76.7 Å². The zero-order chi connectivity index (χ0) is 18.2. The summed E-state index contributed by atoms with van der Waals surface area (Å²) in [4.78, 5) is 23.6. The molecule has 0 aromatic heterocycles. The van der Waals surface area contributed by atoms with Gasteiger partial charge in [-0.1, -0.05) is 17.7 Å². The third-order valence-electron chi connectivity index (χ3n) is 3.30. The zero-order valence-electron chi connectivity index (χ0n) is 14.0. The van der Waals surface area contributed by atoms with E-state index in [1.807, 2.05) is 6.92 Å². The fourth-order valence-corrected chi connectivity index (χ4v) is 2.16. The predicted molar refractivity (Wildman–Crippen MR) is 97.3 cm³/mol. The molecule has 132 valence electrons. The summed E-state index contributed by atoms with van der Waals surface area (Å²) in [5, 5.41) is 5.88. The summed E-state index contributed by atoms with van der Waals surface area (Å²) >= 11 is 6.00. The van der Waals surface area contributed by atoms with Gasteiger partial charge in [-0.3, -0.25) is 9.59 Å². The molecule has 0 bridgehead atoms. The van der Waals surface area contributed by atoms with E-state index in [4.69, 9.17) is 21.1 Å². The Labute approximate surface area is 151 Å². The van der Waals surface area contributed by atoms with Crippen molar-refractivity contribution < 1.29 is 19.1 Å². The average molecular weight is 363 g/mol. The summed E-state index contributed by atoms with van der Waals surface area (Å²) < 4.78 is 10.2. The van der Waals surface area contributed by atoms with E-state index in [2.05, 4.69) is 10.6 Å². The second kappa shape index (κ2) is 9.05. The van der Waals surface area contributed by atoms with Crippen LogP contribution < -0.4 is 15.4 Å². The number of amides is 2. The Kier molecular flexibility index (Phi) is 6.80. The molecule has 7 heteroatoms. The van der Waals surface area contributed by atoms with Gasteiger partial charge in [0.1, 0.15) is 19.0 Å². The molecule has 0 unspecified atom stereocenters. The van der Waals surface area contributed by atoms with E-state index in [9.17, 15) is 9.59 Å². The highest BCUT2D eigenvalue weighted by Gasteiger charge is 2.07. The van der Waals surface area contributed by atoms with Gasteiger partial charge in [-0.25, -0.2) is 0 Å². The van der Waals surface area contributed by atoms with E-state index in [0.717, 1.165) is 5.56 Å². The van der Waals surface area contributed by atoms with Crippen LogP contribution in [0.3, 0.4) is 0 Å². The van der Waals surface area contributed by atoms with Crippen molar-refractivity contribution >= 4 is 34.8 Å². The Morgan fingerprint density at radius 3 is 2.08 bits per heavy atom. The van der Waals surface area contributed by atoms with Crippen LogP contribution in [0.15, 0.2) is 42.5 Å². The van der Waals surface area contributed by atoms with Crippen molar-refractivity contribution in [3.05, 3.63) is 53.1 Å². The van der Waals surface area contributed by atoms with Crippen LogP contribution in [0.2, 0.25) is 5.02 Å². The minimum atomic E-state index is -0.364. The smallest absolute Gasteiger partial charge is 0.250 e. The molecule has 25 heavy (non-hydrogen) atoms. The summed E-state index contributed by atoms with van der Waals surface area (Å²) in [6.45, 7) is 1.41. The van der Waals surface area contributed by atoms with Crippen LogP contribution in [0.4, 0.5) is 11.4 Å². The summed E-state index contributed by atoms with van der Waals surface area (Å²) in [6, 6.07) is 12.1. The number of benzene rings is 2. The van der Waals surface area contributed by atoms with Gasteiger partial charge in [0.25, 0.3) is 0 Å². The van der Waals surface area contributed by atoms with Gasteiger partial charge in [0.15, 0.2) is 0 Å². The first kappa shape index (κ1) is 18.8. The summed E-state index contributed by atoms with van der Waals surface area (Å²) in [5.74, 6) is -0.0179. The molecule has 2 rings (SSSR count). The Morgan fingerprint density at radius 2 is 1.52 bits per heavy atom. The highest BCUT2D eigenvalue weighted by molar-refractivity contribution is 6.31. The molecule has 2 aromatic carbocycles. The Bertz CT molecular complexity index is 747. The first-order chi connectivity index (χ1) is 12.0. The lowest BCUT2D eigenvalue weighted by molar-refractivity contribution is -0.125. The van der Waals surface area contributed by atoms with Crippen molar-refractivity contribution in [1.82, 2.24) is 0 Å². The van der Waals surface area contributed by atoms with Crippen LogP contribution in [-0.2, 0) is 14.3 Å². The molecule has 0 fully saturated rings. The number of carbonyl (C=O) groups excluding carboxylic acids is 2. The number of rotatable bonds is 7. The van der Waals surface area contributed by atoms with Gasteiger partial charge in [0.2, 0.25) is 11.8 Å². The molecule has 2 N–H and O–H groups in total. The van der Waals surface area contributed by atoms with E-state index in [1.54, 1.807) is 49.6 Å². The molecule has 0 radical (unpaired) electrons. The fourth-order valence-electron chi connectivity index (χ4n) is 1.98. The van der Waals surface area contributed by atoms with E-state index in [0.29, 0.717) is 22.1 Å². The number of aryl methyl sites for hydroxylation is 1. The molecule has 2 amide bonds. The molecule has 0 heterocycles. The lowest BCUT2D eigenvalue weighted by Crippen LogP contribution is -2.23. The third kappa shape index (κ3) is 6.10. The molecular formula is C18H19ClN2O4. The lowest BCUT2D eigenvalue weighted by atomic mass is 10.2. The number of nitrogens with one attached hydrogen (secondary N) is 2. The number of hydrogen-bond donors (Lipinski definition) is 2. The molecule has 0 aliphatic heterocycles. The maximum Gasteiger partial charge on any atom is 0.250 e. The Hall–Kier alpha value is -2.57. The van der Waals surface area contributed by atoms with E-state index in [1.165, 1.54) is 0 Å². The minimum Gasteiger partial charge on any atom is -0.497 e. The van der Waals surface area contributed by atoms with Crippen molar-refractivity contribution in [2.75, 3.05) is 31.0 Å².